The van der Waals surface area contributed by atoms with Crippen LogP contribution in [-0.2, 0) is 44.5 Å². The second kappa shape index (κ2) is 10.7. The number of nitrogens with two attached hydrogens (primary N) is 2. The topological polar surface area (TPSA) is 181 Å². The van der Waals surface area contributed by atoms with E-state index in [2.05, 4.69) is 0 Å². The lowest BCUT2D eigenvalue weighted by Gasteiger charge is -2.52. The standard InChI is InChI=1S/C30H27F6N3O7/c1-39(2)21-17-7-11-5-16-15(10-3-13(29(31,32)33)8-14(4-10)30(34,35)36)6-12(9-37)22(40)19(16)23(41)18(11)25(43)28(17,46)26(44)20(24(21)42)27(38)45/h3-4,6,8,11,17-18,20-21,40,46H,5,7,9,37H2,1-2H3,(H2,38,45)/t11-,17-,18?,20?,21-,28-/m0/s1. The van der Waals surface area contributed by atoms with Gasteiger partial charge in [-0.15, -0.1) is 0 Å². The Balaban J connectivity index is 1.74. The third-order valence-corrected chi connectivity index (χ3v) is 9.26. The monoisotopic (exact) mass is 655 g/mol. The molecule has 3 aliphatic carbocycles. The minimum absolute atomic E-state index is 0.0696. The van der Waals surface area contributed by atoms with Gasteiger partial charge in [-0.2, -0.15) is 26.3 Å². The number of nitrogens with zero attached hydrogens (tertiary/aromatic N) is 1. The largest absolute Gasteiger partial charge is 0.507 e. The second-order valence-electron chi connectivity index (χ2n) is 12.1. The van der Waals surface area contributed by atoms with Crippen LogP contribution in [0.5, 0.6) is 5.75 Å². The van der Waals surface area contributed by atoms with Crippen LogP contribution < -0.4 is 11.5 Å². The zero-order chi connectivity index (χ0) is 34.4. The molecule has 0 saturated heterocycles. The molecular weight excluding hydrogens is 628 g/mol. The van der Waals surface area contributed by atoms with Crippen LogP contribution in [0, 0.1) is 23.7 Å². The molecule has 10 nitrogen and oxygen atoms in total. The summed E-state index contributed by atoms with van der Waals surface area (Å²) in [5.41, 5.74) is 2.75. The number of rotatable bonds is 4. The molecule has 5 rings (SSSR count). The SMILES string of the molecule is CN(C)[C@@H]1C(=O)C(C(N)=O)C(=O)[C@@]2(O)C(=O)C3C(=O)c4c(O)c(CN)cc(-c5cc(C(F)(F)F)cc(C(F)(F)F)c5)c4C[C@H]3C[C@@H]12. The highest BCUT2D eigenvalue weighted by atomic mass is 19.4. The van der Waals surface area contributed by atoms with Crippen molar-refractivity contribution >= 4 is 29.0 Å². The van der Waals surface area contributed by atoms with E-state index < -0.39 is 118 Å². The molecule has 0 aromatic heterocycles. The number of aromatic hydroxyl groups is 1. The first-order valence-electron chi connectivity index (χ1n) is 13.9. The molecule has 1 amide bonds. The molecule has 6 atom stereocenters. The maximum Gasteiger partial charge on any atom is 0.416 e. The lowest BCUT2D eigenvalue weighted by molar-refractivity contribution is -0.181. The summed E-state index contributed by atoms with van der Waals surface area (Å²) < 4.78 is 82.4. The van der Waals surface area contributed by atoms with E-state index in [4.69, 9.17) is 11.5 Å². The first-order chi connectivity index (χ1) is 21.2. The van der Waals surface area contributed by atoms with E-state index in [9.17, 15) is 60.5 Å². The summed E-state index contributed by atoms with van der Waals surface area (Å²) in [5, 5.41) is 22.7. The van der Waals surface area contributed by atoms with Gasteiger partial charge in [0.05, 0.1) is 28.7 Å². The number of ketones is 4. The number of likely N-dealkylation sites (N-methyl/N-ethyl adjacent to an activating group) is 1. The predicted molar refractivity (Wildman–Crippen MR) is 145 cm³/mol. The number of fused-ring (bicyclic) bond motifs is 3. The summed E-state index contributed by atoms with van der Waals surface area (Å²) in [5.74, 6) is -13.9. The molecule has 2 saturated carbocycles. The minimum Gasteiger partial charge on any atom is -0.507 e. The van der Waals surface area contributed by atoms with Gasteiger partial charge < -0.3 is 21.7 Å². The molecule has 0 spiro atoms. The molecule has 0 aliphatic heterocycles. The summed E-state index contributed by atoms with van der Waals surface area (Å²) in [6, 6.07) is 0.487. The lowest BCUT2D eigenvalue weighted by Crippen LogP contribution is -2.74. The molecule has 2 fully saturated rings. The Hall–Kier alpha value is -4.15. The van der Waals surface area contributed by atoms with E-state index in [1.54, 1.807) is 0 Å². The van der Waals surface area contributed by atoms with Crippen LogP contribution in [0.2, 0.25) is 0 Å². The molecule has 6 N–H and O–H groups in total. The normalized spacial score (nSPS) is 28.2. The molecule has 2 unspecified atom stereocenters. The van der Waals surface area contributed by atoms with Gasteiger partial charge in [-0.05, 0) is 73.8 Å². The van der Waals surface area contributed by atoms with Gasteiger partial charge in [0.25, 0.3) is 0 Å². The summed E-state index contributed by atoms with van der Waals surface area (Å²) >= 11 is 0. The van der Waals surface area contributed by atoms with Crippen molar-refractivity contribution in [2.75, 3.05) is 14.1 Å². The second-order valence-corrected chi connectivity index (χ2v) is 12.1. The summed E-state index contributed by atoms with van der Waals surface area (Å²) in [6.07, 6.45) is -11.2. The Labute approximate surface area is 256 Å². The Kier molecular flexibility index (Phi) is 7.73. The van der Waals surface area contributed by atoms with Crippen molar-refractivity contribution in [2.45, 2.75) is 43.4 Å². The van der Waals surface area contributed by atoms with Crippen molar-refractivity contribution < 1.29 is 60.5 Å². The summed E-state index contributed by atoms with van der Waals surface area (Å²) in [6.45, 7) is -0.524. The van der Waals surface area contributed by atoms with E-state index in [-0.39, 0.29) is 29.2 Å². The Morgan fingerprint density at radius 2 is 1.54 bits per heavy atom. The van der Waals surface area contributed by atoms with Crippen molar-refractivity contribution in [1.82, 2.24) is 4.90 Å². The van der Waals surface area contributed by atoms with E-state index in [1.165, 1.54) is 19.0 Å². The predicted octanol–water partition coefficient (Wildman–Crippen LogP) is 2.03. The van der Waals surface area contributed by atoms with Crippen LogP contribution in [0.3, 0.4) is 0 Å². The molecule has 16 heteroatoms. The number of hydrogen-bond acceptors (Lipinski definition) is 9. The average Bonchev–Trinajstić information content (AvgIpc) is 2.93. The van der Waals surface area contributed by atoms with E-state index in [0.717, 1.165) is 6.07 Å². The zero-order valence-corrected chi connectivity index (χ0v) is 24.1. The number of carbonyl (C=O) groups is 5. The van der Waals surface area contributed by atoms with Gasteiger partial charge in [-0.3, -0.25) is 28.9 Å². The number of phenolic OH excluding ortho intramolecular Hbond substituents is 1. The van der Waals surface area contributed by atoms with E-state index in [0.29, 0.717) is 12.1 Å². The Morgan fingerprint density at radius 3 is 2.02 bits per heavy atom. The average molecular weight is 656 g/mol. The summed E-state index contributed by atoms with van der Waals surface area (Å²) in [7, 11) is 2.76. The quantitative estimate of drug-likeness (QED) is 0.283. The fraction of sp³-hybridized carbons (Fsp3) is 0.433. The molecule has 46 heavy (non-hydrogen) atoms. The minimum atomic E-state index is -5.20. The van der Waals surface area contributed by atoms with Crippen molar-refractivity contribution in [3.63, 3.8) is 0 Å². The van der Waals surface area contributed by atoms with Crippen LogP contribution in [0.4, 0.5) is 26.3 Å². The molecule has 246 valence electrons. The third-order valence-electron chi connectivity index (χ3n) is 9.26. The molecule has 0 heterocycles. The van der Waals surface area contributed by atoms with E-state index in [1.807, 2.05) is 0 Å². The fourth-order valence-corrected chi connectivity index (χ4v) is 7.25. The lowest BCUT2D eigenvalue weighted by atomic mass is 9.52. The third kappa shape index (κ3) is 4.81. The van der Waals surface area contributed by atoms with Crippen LogP contribution in [0.25, 0.3) is 11.1 Å². The van der Waals surface area contributed by atoms with Gasteiger partial charge in [0.2, 0.25) is 5.91 Å². The molecule has 2 aromatic rings. The number of Topliss-reactive ketones (excluding diaryl/α,β-unsaturated/α-hetero) is 4. The number of amides is 1. The van der Waals surface area contributed by atoms with Crippen LogP contribution in [-0.4, -0.2) is 69.9 Å². The maximum absolute atomic E-state index is 14.0. The number of benzene rings is 2. The van der Waals surface area contributed by atoms with Crippen molar-refractivity contribution in [1.29, 1.82) is 0 Å². The number of alkyl halides is 6. The molecule has 0 radical (unpaired) electrons. The number of aliphatic hydroxyl groups is 1. The zero-order valence-electron chi connectivity index (χ0n) is 24.1. The maximum atomic E-state index is 14.0. The fourth-order valence-electron chi connectivity index (χ4n) is 7.25. The number of phenols is 1. The number of halogens is 6. The first kappa shape index (κ1) is 33.2. The molecule has 0 bridgehead atoms. The van der Waals surface area contributed by atoms with Crippen molar-refractivity contribution in [2.24, 2.45) is 35.1 Å². The van der Waals surface area contributed by atoms with Gasteiger partial charge in [-0.1, -0.05) is 0 Å². The Bertz CT molecular complexity index is 1690. The smallest absolute Gasteiger partial charge is 0.416 e. The summed E-state index contributed by atoms with van der Waals surface area (Å²) in [4.78, 5) is 68.1. The highest BCUT2D eigenvalue weighted by Crippen LogP contribution is 2.52. The van der Waals surface area contributed by atoms with Gasteiger partial charge in [0, 0.05) is 18.0 Å². The van der Waals surface area contributed by atoms with Crippen LogP contribution >= 0.6 is 0 Å². The van der Waals surface area contributed by atoms with E-state index >= 15 is 0 Å². The Morgan fingerprint density at radius 1 is 0.978 bits per heavy atom. The highest BCUT2D eigenvalue weighted by Gasteiger charge is 2.69. The number of carbonyl (C=O) groups excluding carboxylic acids is 5. The van der Waals surface area contributed by atoms with Crippen molar-refractivity contribution in [3.05, 3.63) is 52.1 Å². The van der Waals surface area contributed by atoms with Crippen LogP contribution in [0.1, 0.15) is 39.0 Å². The number of hydrogen-bond donors (Lipinski definition) is 4. The van der Waals surface area contributed by atoms with Crippen LogP contribution in [0.15, 0.2) is 24.3 Å². The van der Waals surface area contributed by atoms with Gasteiger partial charge >= 0.3 is 12.4 Å². The van der Waals surface area contributed by atoms with Gasteiger partial charge in [0.1, 0.15) is 5.75 Å². The number of primary amides is 1. The molecule has 2 aromatic carbocycles. The highest BCUT2D eigenvalue weighted by molar-refractivity contribution is 6.32. The van der Waals surface area contributed by atoms with Crippen molar-refractivity contribution in [3.8, 4) is 16.9 Å². The first-order valence-corrected chi connectivity index (χ1v) is 13.9. The molecule has 3 aliphatic rings. The van der Waals surface area contributed by atoms with Gasteiger partial charge in [0.15, 0.2) is 34.7 Å². The van der Waals surface area contributed by atoms with Gasteiger partial charge in [-0.25, -0.2) is 0 Å². The molecular formula is C30H27F6N3O7.